The average Bonchev–Trinajstić information content (AvgIpc) is 2.29. The molecule has 0 saturated carbocycles. The number of halogens is 1. The number of nitrogens with one attached hydrogen (secondary N) is 1. The van der Waals surface area contributed by atoms with Crippen molar-refractivity contribution in [2.75, 3.05) is 13.6 Å². The predicted octanol–water partition coefficient (Wildman–Crippen LogP) is 1.49. The fourth-order valence-electron chi connectivity index (χ4n) is 1.14. The van der Waals surface area contributed by atoms with Crippen molar-refractivity contribution in [3.63, 3.8) is 0 Å². The lowest BCUT2D eigenvalue weighted by Crippen LogP contribution is -2.04. The van der Waals surface area contributed by atoms with Gasteiger partial charge < -0.3 is 10.4 Å². The van der Waals surface area contributed by atoms with Gasteiger partial charge in [-0.15, -0.1) is 0 Å². The van der Waals surface area contributed by atoms with Crippen LogP contribution in [0.15, 0.2) is 24.3 Å². The van der Waals surface area contributed by atoms with Gasteiger partial charge in [0.25, 0.3) is 0 Å². The molecule has 0 aliphatic carbocycles. The van der Waals surface area contributed by atoms with E-state index in [-0.39, 0.29) is 5.56 Å². The average molecular weight is 233 g/mol. The van der Waals surface area contributed by atoms with Crippen LogP contribution < -0.4 is 5.32 Å². The van der Waals surface area contributed by atoms with Crippen molar-refractivity contribution in [2.45, 2.75) is 0 Å². The molecule has 1 rings (SSSR count). The zero-order chi connectivity index (χ0) is 12.7. The first-order valence-electron chi connectivity index (χ1n) is 4.97. The fourth-order valence-corrected chi connectivity index (χ4v) is 1.14. The third-order valence-corrected chi connectivity index (χ3v) is 1.90. The van der Waals surface area contributed by atoms with Gasteiger partial charge in [-0.2, -0.15) is 0 Å². The summed E-state index contributed by atoms with van der Waals surface area (Å²) in [4.78, 5) is 10.3. The molecule has 1 aromatic rings. The minimum Gasteiger partial charge on any atom is -0.478 e. The second-order valence-electron chi connectivity index (χ2n) is 3.24. The van der Waals surface area contributed by atoms with Crippen LogP contribution in [0, 0.1) is 17.7 Å². The lowest BCUT2D eigenvalue weighted by Gasteiger charge is -1.97. The largest absolute Gasteiger partial charge is 0.478 e. The molecule has 0 unspecified atom stereocenters. The Kier molecular flexibility index (Phi) is 4.92. The van der Waals surface area contributed by atoms with Crippen molar-refractivity contribution >= 4 is 12.0 Å². The van der Waals surface area contributed by atoms with Crippen molar-refractivity contribution in [1.82, 2.24) is 5.32 Å². The van der Waals surface area contributed by atoms with E-state index in [0.717, 1.165) is 6.08 Å². The molecule has 1 aromatic carbocycles. The van der Waals surface area contributed by atoms with Crippen LogP contribution >= 0.6 is 0 Å². The van der Waals surface area contributed by atoms with Crippen molar-refractivity contribution in [3.8, 4) is 11.8 Å². The quantitative estimate of drug-likeness (QED) is 0.614. The summed E-state index contributed by atoms with van der Waals surface area (Å²) in [7, 11) is 1.78. The predicted molar refractivity (Wildman–Crippen MR) is 63.9 cm³/mol. The second kappa shape index (κ2) is 6.46. The number of rotatable bonds is 3. The van der Waals surface area contributed by atoms with Crippen LogP contribution in [0.25, 0.3) is 6.08 Å². The summed E-state index contributed by atoms with van der Waals surface area (Å²) in [5.74, 6) is 4.09. The summed E-state index contributed by atoms with van der Waals surface area (Å²) in [5.41, 5.74) is 0.857. The maximum Gasteiger partial charge on any atom is 0.328 e. The Hall–Kier alpha value is -2.12. The number of aliphatic carboxylic acids is 1. The lowest BCUT2D eigenvalue weighted by molar-refractivity contribution is -0.131. The number of carbonyl (C=O) groups is 1. The molecule has 88 valence electrons. The van der Waals surface area contributed by atoms with Crippen LogP contribution in [0.1, 0.15) is 11.1 Å². The maximum atomic E-state index is 13.3. The monoisotopic (exact) mass is 233 g/mol. The van der Waals surface area contributed by atoms with Gasteiger partial charge in [-0.05, 0) is 31.3 Å². The minimum atomic E-state index is -1.11. The molecule has 0 fully saturated rings. The van der Waals surface area contributed by atoms with Crippen LogP contribution in [0.3, 0.4) is 0 Å². The van der Waals surface area contributed by atoms with Gasteiger partial charge in [0.05, 0.1) is 6.54 Å². The van der Waals surface area contributed by atoms with Gasteiger partial charge in [0.2, 0.25) is 0 Å². The van der Waals surface area contributed by atoms with Crippen molar-refractivity contribution in [2.24, 2.45) is 0 Å². The Morgan fingerprint density at radius 3 is 3.00 bits per heavy atom. The van der Waals surface area contributed by atoms with E-state index in [2.05, 4.69) is 17.2 Å². The molecule has 4 heteroatoms. The molecule has 0 bridgehead atoms. The topological polar surface area (TPSA) is 49.3 Å². The Bertz CT molecular complexity index is 498. The van der Waals surface area contributed by atoms with Crippen molar-refractivity contribution in [1.29, 1.82) is 0 Å². The number of hydrogen-bond acceptors (Lipinski definition) is 2. The number of benzene rings is 1. The zero-order valence-corrected chi connectivity index (χ0v) is 9.33. The second-order valence-corrected chi connectivity index (χ2v) is 3.24. The van der Waals surface area contributed by atoms with E-state index in [4.69, 9.17) is 5.11 Å². The van der Waals surface area contributed by atoms with Gasteiger partial charge in [-0.25, -0.2) is 9.18 Å². The molecule has 17 heavy (non-hydrogen) atoms. The smallest absolute Gasteiger partial charge is 0.328 e. The summed E-state index contributed by atoms with van der Waals surface area (Å²) in [6.07, 6.45) is 2.10. The highest BCUT2D eigenvalue weighted by atomic mass is 19.1. The van der Waals surface area contributed by atoms with E-state index in [1.807, 2.05) is 0 Å². The summed E-state index contributed by atoms with van der Waals surface area (Å²) in [5, 5.41) is 11.3. The van der Waals surface area contributed by atoms with Gasteiger partial charge in [0, 0.05) is 17.2 Å². The molecule has 2 N–H and O–H groups in total. The number of carboxylic acid groups (broad SMARTS) is 1. The molecule has 0 atom stereocenters. The normalized spacial score (nSPS) is 10.0. The molecule has 3 nitrogen and oxygen atoms in total. The van der Waals surface area contributed by atoms with Crippen LogP contribution in [0.2, 0.25) is 0 Å². The standard InChI is InChI=1S/C13H12FNO2/c1-15-8-2-3-10-4-6-12(14)11(9-10)5-7-13(16)17/h4-7,9,15H,8H2,1H3,(H,16,17)/b7-5+. The molecule has 0 saturated heterocycles. The molecule has 0 aliphatic rings. The van der Waals surface area contributed by atoms with Crippen LogP contribution in [0.5, 0.6) is 0 Å². The molecule has 0 heterocycles. The summed E-state index contributed by atoms with van der Waals surface area (Å²) in [6, 6.07) is 4.33. The van der Waals surface area contributed by atoms with Gasteiger partial charge in [0.15, 0.2) is 0 Å². The molecule has 0 aliphatic heterocycles. The van der Waals surface area contributed by atoms with Gasteiger partial charge in [0.1, 0.15) is 5.82 Å². The molecule has 0 radical (unpaired) electrons. The molecule has 0 aromatic heterocycles. The maximum absolute atomic E-state index is 13.3. The Balaban J connectivity index is 2.95. The zero-order valence-electron chi connectivity index (χ0n) is 9.33. The van der Waals surface area contributed by atoms with Crippen molar-refractivity contribution < 1.29 is 14.3 Å². The first-order valence-corrected chi connectivity index (χ1v) is 4.97. The Morgan fingerprint density at radius 2 is 2.35 bits per heavy atom. The Morgan fingerprint density at radius 1 is 1.59 bits per heavy atom. The fraction of sp³-hybridized carbons (Fsp3) is 0.154. The third-order valence-electron chi connectivity index (χ3n) is 1.90. The van der Waals surface area contributed by atoms with Gasteiger partial charge in [-0.1, -0.05) is 11.8 Å². The SMILES string of the molecule is CNCC#Cc1ccc(F)c(/C=C/C(=O)O)c1. The summed E-state index contributed by atoms with van der Waals surface area (Å²) < 4.78 is 13.3. The Labute approximate surface area is 99.0 Å². The van der Waals surface area contributed by atoms with Gasteiger partial charge >= 0.3 is 5.97 Å². The van der Waals surface area contributed by atoms with E-state index < -0.39 is 11.8 Å². The number of hydrogen-bond donors (Lipinski definition) is 2. The summed E-state index contributed by atoms with van der Waals surface area (Å²) >= 11 is 0. The minimum absolute atomic E-state index is 0.212. The first kappa shape index (κ1) is 12.9. The van der Waals surface area contributed by atoms with Crippen LogP contribution in [0.4, 0.5) is 4.39 Å². The first-order chi connectivity index (χ1) is 8.13. The molecule has 0 amide bonds. The van der Waals surface area contributed by atoms with E-state index in [1.165, 1.54) is 18.2 Å². The third kappa shape index (κ3) is 4.49. The van der Waals surface area contributed by atoms with Crippen LogP contribution in [-0.4, -0.2) is 24.7 Å². The highest BCUT2D eigenvalue weighted by molar-refractivity contribution is 5.85. The van der Waals surface area contributed by atoms with E-state index >= 15 is 0 Å². The van der Waals surface area contributed by atoms with Crippen LogP contribution in [-0.2, 0) is 4.79 Å². The highest BCUT2D eigenvalue weighted by Crippen LogP contribution is 2.11. The highest BCUT2D eigenvalue weighted by Gasteiger charge is 1.99. The summed E-state index contributed by atoms with van der Waals surface area (Å²) in [6.45, 7) is 0.539. The van der Waals surface area contributed by atoms with E-state index in [0.29, 0.717) is 12.1 Å². The lowest BCUT2D eigenvalue weighted by atomic mass is 10.1. The molecular weight excluding hydrogens is 221 g/mol. The number of carboxylic acids is 1. The van der Waals surface area contributed by atoms with Crippen molar-refractivity contribution in [3.05, 3.63) is 41.2 Å². The van der Waals surface area contributed by atoms with E-state index in [1.54, 1.807) is 13.1 Å². The van der Waals surface area contributed by atoms with Gasteiger partial charge in [-0.3, -0.25) is 0 Å². The molecule has 0 spiro atoms. The molecular formula is C13H12FNO2. The van der Waals surface area contributed by atoms with E-state index in [9.17, 15) is 9.18 Å².